The number of thiophene rings is 1. The zero-order valence-electron chi connectivity index (χ0n) is 15.5. The zero-order valence-corrected chi connectivity index (χ0v) is 16.4. The van der Waals surface area contributed by atoms with Gasteiger partial charge in [0.1, 0.15) is 27.9 Å². The van der Waals surface area contributed by atoms with Gasteiger partial charge in [-0.15, -0.1) is 11.3 Å². The molecule has 0 bridgehead atoms. The highest BCUT2D eigenvalue weighted by Crippen LogP contribution is 2.32. The van der Waals surface area contributed by atoms with E-state index in [1.165, 1.54) is 19.2 Å². The number of nitrogens with two attached hydrogens (primary N) is 1. The summed E-state index contributed by atoms with van der Waals surface area (Å²) in [5.74, 6) is -1.99. The third kappa shape index (κ3) is 5.29. The lowest BCUT2D eigenvalue weighted by Crippen LogP contribution is -2.20. The van der Waals surface area contributed by atoms with E-state index in [9.17, 15) is 18.8 Å². The summed E-state index contributed by atoms with van der Waals surface area (Å²) in [5.41, 5.74) is 6.93. The molecule has 1 aromatic heterocycles. The lowest BCUT2D eigenvalue weighted by atomic mass is 10.1. The average Bonchev–Trinajstić information content (AvgIpc) is 3.01. The second-order valence-electron chi connectivity index (χ2n) is 5.74. The van der Waals surface area contributed by atoms with Crippen LogP contribution in [0.2, 0.25) is 0 Å². The molecule has 0 aliphatic carbocycles. The topological polar surface area (TPSA) is 108 Å². The smallest absolute Gasteiger partial charge is 0.341 e. The molecule has 9 heteroatoms. The maximum atomic E-state index is 12.9. The number of rotatable bonds is 8. The first-order chi connectivity index (χ1) is 13.4. The van der Waals surface area contributed by atoms with E-state index in [-0.39, 0.29) is 46.5 Å². The Morgan fingerprint density at radius 2 is 1.86 bits per heavy atom. The molecule has 0 saturated heterocycles. The Labute approximate surface area is 165 Å². The summed E-state index contributed by atoms with van der Waals surface area (Å²) in [6.45, 7) is 1.50. The number of anilines is 1. The summed E-state index contributed by atoms with van der Waals surface area (Å²) in [4.78, 5) is 36.5. The van der Waals surface area contributed by atoms with Gasteiger partial charge < -0.3 is 20.5 Å². The third-order valence-corrected chi connectivity index (χ3v) is 4.92. The number of nitrogens with one attached hydrogen (secondary N) is 1. The van der Waals surface area contributed by atoms with Crippen LogP contribution in [0.15, 0.2) is 24.3 Å². The van der Waals surface area contributed by atoms with Gasteiger partial charge in [-0.3, -0.25) is 9.59 Å². The molecule has 1 amide bonds. The highest BCUT2D eigenvalue weighted by atomic mass is 32.1. The second-order valence-corrected chi connectivity index (χ2v) is 6.79. The van der Waals surface area contributed by atoms with Gasteiger partial charge in [0.05, 0.1) is 6.61 Å². The highest BCUT2D eigenvalue weighted by Gasteiger charge is 2.27. The number of halogens is 1. The van der Waals surface area contributed by atoms with Gasteiger partial charge in [0.2, 0.25) is 0 Å². The Morgan fingerprint density at radius 3 is 2.46 bits per heavy atom. The SMILES string of the molecule is CCOC(=O)c1c(N)sc(C(=O)NC)c1COC(=O)CCc1ccc(F)cc1. The van der Waals surface area contributed by atoms with Crippen LogP contribution in [-0.2, 0) is 27.3 Å². The molecule has 150 valence electrons. The molecule has 2 rings (SSSR count). The first-order valence-electron chi connectivity index (χ1n) is 8.57. The van der Waals surface area contributed by atoms with Crippen molar-refractivity contribution >= 4 is 34.2 Å². The summed E-state index contributed by atoms with van der Waals surface area (Å²) < 4.78 is 23.1. The van der Waals surface area contributed by atoms with Crippen LogP contribution in [0.4, 0.5) is 9.39 Å². The van der Waals surface area contributed by atoms with Crippen LogP contribution in [0.5, 0.6) is 0 Å². The summed E-state index contributed by atoms with van der Waals surface area (Å²) >= 11 is 0.929. The molecule has 7 nitrogen and oxygen atoms in total. The normalized spacial score (nSPS) is 10.4. The fourth-order valence-corrected chi connectivity index (χ4v) is 3.48. The van der Waals surface area contributed by atoms with Crippen molar-refractivity contribution in [2.75, 3.05) is 19.4 Å². The number of nitrogen functional groups attached to an aromatic ring is 1. The van der Waals surface area contributed by atoms with Crippen molar-refractivity contribution in [3.63, 3.8) is 0 Å². The van der Waals surface area contributed by atoms with Gasteiger partial charge in [0, 0.05) is 19.0 Å². The summed E-state index contributed by atoms with van der Waals surface area (Å²) in [6, 6.07) is 5.81. The first-order valence-corrected chi connectivity index (χ1v) is 9.39. The van der Waals surface area contributed by atoms with E-state index in [0.29, 0.717) is 6.42 Å². The molecule has 0 spiro atoms. The summed E-state index contributed by atoms with van der Waals surface area (Å²) in [5, 5.41) is 2.58. The van der Waals surface area contributed by atoms with Gasteiger partial charge in [-0.2, -0.15) is 0 Å². The predicted molar refractivity (Wildman–Crippen MR) is 103 cm³/mol. The Bertz CT molecular complexity index is 864. The van der Waals surface area contributed by atoms with Gasteiger partial charge >= 0.3 is 11.9 Å². The number of carbonyl (C=O) groups is 3. The van der Waals surface area contributed by atoms with Crippen LogP contribution in [0.1, 0.15) is 44.5 Å². The van der Waals surface area contributed by atoms with Crippen LogP contribution >= 0.6 is 11.3 Å². The van der Waals surface area contributed by atoms with Gasteiger partial charge in [-0.1, -0.05) is 12.1 Å². The Hall–Kier alpha value is -2.94. The van der Waals surface area contributed by atoms with Gasteiger partial charge in [-0.05, 0) is 31.0 Å². The number of esters is 2. The van der Waals surface area contributed by atoms with Gasteiger partial charge in [-0.25, -0.2) is 9.18 Å². The van der Waals surface area contributed by atoms with E-state index in [1.54, 1.807) is 19.1 Å². The lowest BCUT2D eigenvalue weighted by molar-refractivity contribution is -0.144. The quantitative estimate of drug-likeness (QED) is 0.650. The molecule has 28 heavy (non-hydrogen) atoms. The molecule has 2 aromatic rings. The molecule has 0 saturated carbocycles. The fraction of sp³-hybridized carbons (Fsp3) is 0.316. The van der Waals surface area contributed by atoms with E-state index < -0.39 is 17.8 Å². The summed E-state index contributed by atoms with van der Waals surface area (Å²) in [7, 11) is 1.45. The number of carbonyl (C=O) groups excluding carboxylic acids is 3. The molecular weight excluding hydrogens is 387 g/mol. The molecule has 1 heterocycles. The lowest BCUT2D eigenvalue weighted by Gasteiger charge is -2.09. The Balaban J connectivity index is 2.10. The monoisotopic (exact) mass is 408 g/mol. The van der Waals surface area contributed by atoms with Crippen molar-refractivity contribution < 1.29 is 28.2 Å². The van der Waals surface area contributed by atoms with Crippen molar-refractivity contribution in [2.24, 2.45) is 0 Å². The minimum absolute atomic E-state index is 0.0387. The Morgan fingerprint density at radius 1 is 1.18 bits per heavy atom. The van der Waals surface area contributed by atoms with Crippen molar-refractivity contribution in [1.29, 1.82) is 0 Å². The number of aryl methyl sites for hydroxylation is 1. The Kier molecular flexibility index (Phi) is 7.51. The second kappa shape index (κ2) is 9.84. The maximum Gasteiger partial charge on any atom is 0.341 e. The summed E-state index contributed by atoms with van der Waals surface area (Å²) in [6.07, 6.45) is 0.438. The molecule has 0 radical (unpaired) electrons. The van der Waals surface area contributed by atoms with Crippen LogP contribution in [0.25, 0.3) is 0 Å². The standard InChI is InChI=1S/C19H21FN2O5S/c1-3-26-19(25)15-13(16(18(24)22-2)28-17(15)21)10-27-14(23)9-6-11-4-7-12(20)8-5-11/h4-5,7-8H,3,6,9-10,21H2,1-2H3,(H,22,24). The van der Waals surface area contributed by atoms with Crippen LogP contribution in [-0.4, -0.2) is 31.5 Å². The van der Waals surface area contributed by atoms with Crippen molar-refractivity contribution in [1.82, 2.24) is 5.32 Å². The van der Waals surface area contributed by atoms with Crippen LogP contribution < -0.4 is 11.1 Å². The largest absolute Gasteiger partial charge is 0.462 e. The third-order valence-electron chi connectivity index (χ3n) is 3.86. The molecule has 0 fully saturated rings. The molecule has 1 aromatic carbocycles. The zero-order chi connectivity index (χ0) is 20.7. The van der Waals surface area contributed by atoms with Gasteiger partial charge in [0.25, 0.3) is 5.91 Å². The minimum Gasteiger partial charge on any atom is -0.462 e. The highest BCUT2D eigenvalue weighted by molar-refractivity contribution is 7.18. The number of benzene rings is 1. The number of hydrogen-bond donors (Lipinski definition) is 2. The van der Waals surface area contributed by atoms with Crippen LogP contribution in [0, 0.1) is 5.82 Å². The number of ether oxygens (including phenoxy) is 2. The van der Waals surface area contributed by atoms with Crippen molar-refractivity contribution in [2.45, 2.75) is 26.4 Å². The van der Waals surface area contributed by atoms with Crippen molar-refractivity contribution in [3.8, 4) is 0 Å². The van der Waals surface area contributed by atoms with E-state index >= 15 is 0 Å². The predicted octanol–water partition coefficient (Wildman–Crippen LogP) is 2.68. The molecule has 0 aliphatic heterocycles. The molecule has 0 atom stereocenters. The van der Waals surface area contributed by atoms with E-state index in [0.717, 1.165) is 16.9 Å². The van der Waals surface area contributed by atoms with Crippen LogP contribution in [0.3, 0.4) is 0 Å². The van der Waals surface area contributed by atoms with E-state index in [2.05, 4.69) is 5.32 Å². The molecule has 0 aliphatic rings. The van der Waals surface area contributed by atoms with Crippen molar-refractivity contribution in [3.05, 3.63) is 51.7 Å². The number of amides is 1. The minimum atomic E-state index is -0.677. The number of hydrogen-bond acceptors (Lipinski definition) is 7. The van der Waals surface area contributed by atoms with Gasteiger partial charge in [0.15, 0.2) is 0 Å². The molecule has 0 unspecified atom stereocenters. The molecule has 3 N–H and O–H groups in total. The maximum absolute atomic E-state index is 12.9. The first kappa shape index (κ1) is 21.4. The van der Waals surface area contributed by atoms with E-state index in [4.69, 9.17) is 15.2 Å². The molecular formula is C19H21FN2O5S. The van der Waals surface area contributed by atoms with E-state index in [1.807, 2.05) is 0 Å². The fourth-order valence-electron chi connectivity index (χ4n) is 2.47. The average molecular weight is 408 g/mol.